The number of nitrogens with zero attached hydrogens (tertiary/aromatic N) is 2. The van der Waals surface area contributed by atoms with E-state index in [9.17, 15) is 4.79 Å². The second kappa shape index (κ2) is 5.52. The molecule has 1 amide bonds. The number of rotatable bonds is 3. The van der Waals surface area contributed by atoms with Gasteiger partial charge in [-0.25, -0.2) is 0 Å². The lowest BCUT2D eigenvalue weighted by Crippen LogP contribution is -2.35. The molecule has 1 aliphatic carbocycles. The fourth-order valence-corrected chi connectivity index (χ4v) is 3.28. The zero-order valence-electron chi connectivity index (χ0n) is 13.7. The highest BCUT2D eigenvalue weighted by Crippen LogP contribution is 2.40. The van der Waals surface area contributed by atoms with Crippen LogP contribution in [0.4, 0.5) is 5.69 Å². The Balaban J connectivity index is 1.63. The molecular formula is C19H22N2O2. The zero-order valence-corrected chi connectivity index (χ0v) is 13.7. The molecule has 1 aliphatic heterocycles. The van der Waals surface area contributed by atoms with Gasteiger partial charge in [-0.05, 0) is 48.8 Å². The number of hydrogen-bond donors (Lipinski definition) is 0. The van der Waals surface area contributed by atoms with Gasteiger partial charge in [-0.2, -0.15) is 0 Å². The molecule has 1 aromatic carbocycles. The summed E-state index contributed by atoms with van der Waals surface area (Å²) < 4.78 is 5.34. The van der Waals surface area contributed by atoms with Gasteiger partial charge in [-0.15, -0.1) is 0 Å². The second-order valence-electron chi connectivity index (χ2n) is 6.99. The number of carbonyl (C=O) groups excluding carboxylic acids is 1. The van der Waals surface area contributed by atoms with Crippen LogP contribution in [0.15, 0.2) is 28.8 Å². The van der Waals surface area contributed by atoms with Gasteiger partial charge in [0.25, 0.3) is 5.91 Å². The molecule has 0 saturated heterocycles. The van der Waals surface area contributed by atoms with Crippen molar-refractivity contribution in [1.82, 2.24) is 5.16 Å². The number of benzene rings is 1. The Labute approximate surface area is 136 Å². The van der Waals surface area contributed by atoms with Crippen LogP contribution < -0.4 is 4.90 Å². The van der Waals surface area contributed by atoms with E-state index in [0.29, 0.717) is 17.5 Å². The normalized spacial score (nSPS) is 17.4. The topological polar surface area (TPSA) is 46.3 Å². The predicted molar refractivity (Wildman–Crippen MR) is 89.0 cm³/mol. The maximum atomic E-state index is 12.8. The molecule has 120 valence electrons. The summed E-state index contributed by atoms with van der Waals surface area (Å²) in [5.41, 5.74) is 4.06. The molecule has 0 radical (unpaired) electrons. The highest BCUT2D eigenvalue weighted by Gasteiger charge is 2.31. The number of fused-ring (bicyclic) bond motifs is 1. The average Bonchev–Trinajstić information content (AvgIpc) is 3.30. The van der Waals surface area contributed by atoms with Gasteiger partial charge in [0.2, 0.25) is 0 Å². The Bertz CT molecular complexity index is 744. The number of amides is 1. The van der Waals surface area contributed by atoms with Crippen molar-refractivity contribution in [3.63, 3.8) is 0 Å². The molecule has 2 aliphatic rings. The Morgan fingerprint density at radius 2 is 2.13 bits per heavy atom. The van der Waals surface area contributed by atoms with Crippen LogP contribution in [-0.2, 0) is 6.42 Å². The highest BCUT2D eigenvalue weighted by molar-refractivity contribution is 6.05. The maximum absolute atomic E-state index is 12.8. The minimum atomic E-state index is -0.0427. The number of aromatic nitrogens is 1. The smallest absolute Gasteiger partial charge is 0.280 e. The molecule has 23 heavy (non-hydrogen) atoms. The molecule has 0 spiro atoms. The molecule has 2 heterocycles. The standard InChI is InChI=1S/C19H22N2O2/c1-12(2)14-7-8-17-15(10-14)4-3-9-21(17)19(22)16-11-18(23-20-16)13-5-6-13/h7-8,10-13H,3-6,9H2,1-2H3. The first-order chi connectivity index (χ1) is 11.1. The van der Waals surface area contributed by atoms with Crippen molar-refractivity contribution in [3.8, 4) is 0 Å². The van der Waals surface area contributed by atoms with Crippen LogP contribution in [0.3, 0.4) is 0 Å². The molecule has 4 nitrogen and oxygen atoms in total. The Morgan fingerprint density at radius 1 is 1.30 bits per heavy atom. The van der Waals surface area contributed by atoms with Crippen LogP contribution >= 0.6 is 0 Å². The molecule has 0 bridgehead atoms. The van der Waals surface area contributed by atoms with E-state index in [0.717, 1.165) is 43.7 Å². The Hall–Kier alpha value is -2.10. The van der Waals surface area contributed by atoms with Gasteiger partial charge in [0.15, 0.2) is 5.69 Å². The summed E-state index contributed by atoms with van der Waals surface area (Å²) in [6.07, 6.45) is 4.32. The lowest BCUT2D eigenvalue weighted by Gasteiger charge is -2.29. The first-order valence-corrected chi connectivity index (χ1v) is 8.55. The third-order valence-corrected chi connectivity index (χ3v) is 4.86. The lowest BCUT2D eigenvalue weighted by atomic mass is 9.94. The lowest BCUT2D eigenvalue weighted by molar-refractivity contribution is 0.0976. The van der Waals surface area contributed by atoms with Gasteiger partial charge in [-0.3, -0.25) is 4.79 Å². The van der Waals surface area contributed by atoms with Gasteiger partial charge in [0.1, 0.15) is 5.76 Å². The largest absolute Gasteiger partial charge is 0.360 e. The number of aryl methyl sites for hydroxylation is 1. The van der Waals surface area contributed by atoms with Crippen molar-refractivity contribution in [1.29, 1.82) is 0 Å². The minimum absolute atomic E-state index is 0.0427. The molecular weight excluding hydrogens is 288 g/mol. The summed E-state index contributed by atoms with van der Waals surface area (Å²) in [6, 6.07) is 8.30. The van der Waals surface area contributed by atoms with E-state index in [4.69, 9.17) is 4.52 Å². The fraction of sp³-hybridized carbons (Fsp3) is 0.474. The molecule has 1 saturated carbocycles. The van der Waals surface area contributed by atoms with Crippen LogP contribution in [0.25, 0.3) is 0 Å². The van der Waals surface area contributed by atoms with E-state index in [-0.39, 0.29) is 5.91 Å². The average molecular weight is 310 g/mol. The molecule has 4 heteroatoms. The van der Waals surface area contributed by atoms with Crippen molar-refractivity contribution in [2.75, 3.05) is 11.4 Å². The molecule has 2 aromatic rings. The van der Waals surface area contributed by atoms with E-state index < -0.39 is 0 Å². The molecule has 0 N–H and O–H groups in total. The summed E-state index contributed by atoms with van der Waals surface area (Å²) in [4.78, 5) is 14.7. The van der Waals surface area contributed by atoms with Crippen molar-refractivity contribution in [2.24, 2.45) is 0 Å². The third kappa shape index (κ3) is 2.67. The third-order valence-electron chi connectivity index (χ3n) is 4.86. The number of carbonyl (C=O) groups is 1. The summed E-state index contributed by atoms with van der Waals surface area (Å²) >= 11 is 0. The Kier molecular flexibility index (Phi) is 3.47. The van der Waals surface area contributed by atoms with E-state index in [1.54, 1.807) is 0 Å². The molecule has 4 rings (SSSR count). The first-order valence-electron chi connectivity index (χ1n) is 8.55. The van der Waals surface area contributed by atoms with Gasteiger partial charge >= 0.3 is 0 Å². The van der Waals surface area contributed by atoms with Gasteiger partial charge in [0.05, 0.1) is 0 Å². The summed E-state index contributed by atoms with van der Waals surface area (Å²) in [5, 5.41) is 4.01. The summed E-state index contributed by atoms with van der Waals surface area (Å²) in [5.74, 6) is 1.80. The first kappa shape index (κ1) is 14.5. The van der Waals surface area contributed by atoms with Crippen LogP contribution in [0.2, 0.25) is 0 Å². The van der Waals surface area contributed by atoms with Crippen LogP contribution in [-0.4, -0.2) is 17.6 Å². The molecule has 1 fully saturated rings. The van der Waals surface area contributed by atoms with E-state index in [1.807, 2.05) is 11.0 Å². The van der Waals surface area contributed by atoms with Crippen molar-refractivity contribution < 1.29 is 9.32 Å². The number of anilines is 1. The van der Waals surface area contributed by atoms with Gasteiger partial charge < -0.3 is 9.42 Å². The summed E-state index contributed by atoms with van der Waals surface area (Å²) in [7, 11) is 0. The van der Waals surface area contributed by atoms with E-state index >= 15 is 0 Å². The quantitative estimate of drug-likeness (QED) is 0.850. The zero-order chi connectivity index (χ0) is 16.0. The Morgan fingerprint density at radius 3 is 2.87 bits per heavy atom. The van der Waals surface area contributed by atoms with Crippen LogP contribution in [0, 0.1) is 0 Å². The van der Waals surface area contributed by atoms with E-state index in [2.05, 4.69) is 37.2 Å². The van der Waals surface area contributed by atoms with Crippen molar-refractivity contribution in [3.05, 3.63) is 46.8 Å². The van der Waals surface area contributed by atoms with Crippen LogP contribution in [0.1, 0.15) is 72.3 Å². The van der Waals surface area contributed by atoms with E-state index in [1.165, 1.54) is 11.1 Å². The number of hydrogen-bond acceptors (Lipinski definition) is 3. The predicted octanol–water partition coefficient (Wildman–Crippen LogP) is 4.27. The maximum Gasteiger partial charge on any atom is 0.280 e. The van der Waals surface area contributed by atoms with Crippen LogP contribution in [0.5, 0.6) is 0 Å². The second-order valence-corrected chi connectivity index (χ2v) is 6.99. The monoisotopic (exact) mass is 310 g/mol. The van der Waals surface area contributed by atoms with Gasteiger partial charge in [0, 0.05) is 24.2 Å². The summed E-state index contributed by atoms with van der Waals surface area (Å²) in [6.45, 7) is 5.14. The van der Waals surface area contributed by atoms with Crippen molar-refractivity contribution >= 4 is 11.6 Å². The minimum Gasteiger partial charge on any atom is -0.360 e. The SMILES string of the molecule is CC(C)c1ccc2c(c1)CCCN2C(=O)c1cc(C2CC2)on1. The molecule has 0 unspecified atom stereocenters. The van der Waals surface area contributed by atoms with Crippen molar-refractivity contribution in [2.45, 2.75) is 51.4 Å². The highest BCUT2D eigenvalue weighted by atomic mass is 16.5. The molecule has 0 atom stereocenters. The van der Waals surface area contributed by atoms with Gasteiger partial charge in [-0.1, -0.05) is 31.1 Å². The fourth-order valence-electron chi connectivity index (χ4n) is 3.28. The molecule has 1 aromatic heterocycles.